The molecule has 6 heteroatoms. The van der Waals surface area contributed by atoms with Crippen LogP contribution >= 0.6 is 0 Å². The zero-order valence-electron chi connectivity index (χ0n) is 17.0. The molecule has 0 bridgehead atoms. The van der Waals surface area contributed by atoms with E-state index in [1.54, 1.807) is 0 Å². The molecule has 150 valence electrons. The molecule has 5 nitrogen and oxygen atoms in total. The number of alkyl halides is 1. The first-order valence-electron chi connectivity index (χ1n) is 9.78. The highest BCUT2D eigenvalue weighted by molar-refractivity contribution is 5.41. The number of hydrogen-bond acceptors (Lipinski definition) is 4. The maximum atomic E-state index is 12.4. The molecule has 3 rings (SSSR count). The lowest BCUT2D eigenvalue weighted by atomic mass is 10.1. The number of nitrogens with zero attached hydrogens (tertiary/aromatic N) is 3. The molecule has 0 aliphatic carbocycles. The number of halogens is 1. The Balaban J connectivity index is 1.70. The molecule has 1 saturated heterocycles. The predicted molar refractivity (Wildman–Crippen MR) is 110 cm³/mol. The van der Waals surface area contributed by atoms with Gasteiger partial charge in [0, 0.05) is 43.6 Å². The highest BCUT2D eigenvalue weighted by atomic mass is 19.1. The Morgan fingerprint density at radius 3 is 2.93 bits per heavy atom. The van der Waals surface area contributed by atoms with Gasteiger partial charge in [0.2, 0.25) is 0 Å². The summed E-state index contributed by atoms with van der Waals surface area (Å²) in [5.41, 5.74) is 3.75. The van der Waals surface area contributed by atoms with Gasteiger partial charge in [-0.25, -0.2) is 4.39 Å². The van der Waals surface area contributed by atoms with E-state index in [9.17, 15) is 4.39 Å². The van der Waals surface area contributed by atoms with Gasteiger partial charge < -0.3 is 14.6 Å². The van der Waals surface area contributed by atoms with Crippen molar-refractivity contribution in [2.75, 3.05) is 53.1 Å². The monoisotopic (exact) mass is 384 g/mol. The maximum Gasteiger partial charge on any atom is 0.133 e. The van der Waals surface area contributed by atoms with Crippen molar-refractivity contribution >= 4 is 6.08 Å². The molecule has 0 aromatic carbocycles. The SMILES string of the molecule is C/C(C#Cc1cc2c([nH]1)=NCC(N1CCOCC1)C=2)=C\C=C(/C)N(C)CCF. The molecule has 28 heavy (non-hydrogen) atoms. The maximum absolute atomic E-state index is 12.4. The molecule has 1 atom stereocenters. The van der Waals surface area contributed by atoms with Crippen molar-refractivity contribution < 1.29 is 9.13 Å². The minimum atomic E-state index is -0.351. The van der Waals surface area contributed by atoms with Crippen LogP contribution in [0, 0.1) is 11.8 Å². The molecular weight excluding hydrogens is 355 g/mol. The number of hydrogen-bond donors (Lipinski definition) is 1. The van der Waals surface area contributed by atoms with Gasteiger partial charge in [-0.05, 0) is 43.6 Å². The zero-order valence-corrected chi connectivity index (χ0v) is 17.0. The second-order valence-electron chi connectivity index (χ2n) is 7.23. The van der Waals surface area contributed by atoms with Crippen LogP contribution in [0.25, 0.3) is 6.08 Å². The van der Waals surface area contributed by atoms with Gasteiger partial charge in [0.05, 0.1) is 25.5 Å². The van der Waals surface area contributed by atoms with Crippen LogP contribution in [0.4, 0.5) is 4.39 Å². The van der Waals surface area contributed by atoms with E-state index in [0.29, 0.717) is 12.6 Å². The number of H-pyrrole nitrogens is 1. The van der Waals surface area contributed by atoms with Gasteiger partial charge in [-0.3, -0.25) is 9.89 Å². The molecule has 0 saturated carbocycles. The third-order valence-corrected chi connectivity index (χ3v) is 5.14. The number of aromatic nitrogens is 1. The molecule has 1 aromatic heterocycles. The fraction of sp³-hybridized carbons (Fsp3) is 0.500. The van der Waals surface area contributed by atoms with E-state index < -0.39 is 0 Å². The number of nitrogens with one attached hydrogen (secondary N) is 1. The summed E-state index contributed by atoms with van der Waals surface area (Å²) in [5, 5.41) is 1.12. The number of allylic oxidation sites excluding steroid dienone is 4. The molecule has 0 amide bonds. The fourth-order valence-corrected chi connectivity index (χ4v) is 3.24. The highest BCUT2D eigenvalue weighted by Crippen LogP contribution is 2.07. The third-order valence-electron chi connectivity index (χ3n) is 5.14. The van der Waals surface area contributed by atoms with Gasteiger partial charge in [-0.15, -0.1) is 0 Å². The summed E-state index contributed by atoms with van der Waals surface area (Å²) in [4.78, 5) is 12.3. The Hall–Kier alpha value is -2.36. The van der Waals surface area contributed by atoms with Crippen molar-refractivity contribution in [2.45, 2.75) is 19.9 Å². The number of ether oxygens (including phenoxy) is 1. The molecule has 1 aromatic rings. The topological polar surface area (TPSA) is 43.9 Å². The van der Waals surface area contributed by atoms with Crippen LogP contribution in [0.5, 0.6) is 0 Å². The van der Waals surface area contributed by atoms with E-state index in [1.165, 1.54) is 0 Å². The standard InChI is InChI=1S/C22H29FN4O/c1-17(4-6-18(2)26(3)9-8-23)5-7-20-14-19-15-21(16-24-22(19)25-20)27-10-12-28-13-11-27/h4,6,14-15,21H,8-13,16H2,1-3H3,(H,24,25)/b17-4+,18-6+. The predicted octanol–water partition coefficient (Wildman–Crippen LogP) is 1.23. The Labute approximate surface area is 166 Å². The second kappa shape index (κ2) is 9.72. The summed E-state index contributed by atoms with van der Waals surface area (Å²) in [7, 11) is 1.88. The lowest BCUT2D eigenvalue weighted by Crippen LogP contribution is -2.47. The Kier molecular flexibility index (Phi) is 7.07. The van der Waals surface area contributed by atoms with Crippen LogP contribution in [0.1, 0.15) is 19.5 Å². The van der Waals surface area contributed by atoms with Gasteiger partial charge in [0.1, 0.15) is 12.2 Å². The van der Waals surface area contributed by atoms with Crippen molar-refractivity contribution in [3.05, 3.63) is 45.9 Å². The smallest absolute Gasteiger partial charge is 0.133 e. The first-order valence-corrected chi connectivity index (χ1v) is 9.78. The van der Waals surface area contributed by atoms with Gasteiger partial charge in [0.15, 0.2) is 0 Å². The zero-order chi connectivity index (χ0) is 19.9. The molecular formula is C22H29FN4O. The largest absolute Gasteiger partial charge is 0.379 e. The summed E-state index contributed by atoms with van der Waals surface area (Å²) < 4.78 is 17.8. The fourth-order valence-electron chi connectivity index (χ4n) is 3.24. The van der Waals surface area contributed by atoms with Crippen molar-refractivity contribution in [3.8, 4) is 11.8 Å². The Morgan fingerprint density at radius 1 is 1.39 bits per heavy atom. The average Bonchev–Trinajstić information content (AvgIpc) is 3.13. The van der Waals surface area contributed by atoms with Crippen LogP contribution in [0.2, 0.25) is 0 Å². The Bertz CT molecular complexity index is 913. The van der Waals surface area contributed by atoms with Crippen molar-refractivity contribution in [1.82, 2.24) is 14.8 Å². The molecule has 0 radical (unpaired) electrons. The first kappa shape index (κ1) is 20.4. The van der Waals surface area contributed by atoms with E-state index in [-0.39, 0.29) is 6.67 Å². The van der Waals surface area contributed by atoms with Crippen LogP contribution < -0.4 is 10.7 Å². The van der Waals surface area contributed by atoms with E-state index in [0.717, 1.165) is 60.5 Å². The van der Waals surface area contributed by atoms with Gasteiger partial charge >= 0.3 is 0 Å². The third kappa shape index (κ3) is 5.34. The van der Waals surface area contributed by atoms with Crippen molar-refractivity contribution in [2.24, 2.45) is 4.99 Å². The molecule has 3 heterocycles. The second-order valence-corrected chi connectivity index (χ2v) is 7.23. The van der Waals surface area contributed by atoms with Crippen molar-refractivity contribution in [3.63, 3.8) is 0 Å². The summed E-state index contributed by atoms with van der Waals surface area (Å²) in [6, 6.07) is 2.41. The molecule has 1 unspecified atom stereocenters. The number of fused-ring (bicyclic) bond motifs is 1. The van der Waals surface area contributed by atoms with Crippen LogP contribution in [-0.2, 0) is 4.74 Å². The molecule has 2 aliphatic rings. The number of aromatic amines is 1. The molecule has 1 fully saturated rings. The summed E-state index contributed by atoms with van der Waals surface area (Å²) >= 11 is 0. The summed E-state index contributed by atoms with van der Waals surface area (Å²) in [6.45, 7) is 8.27. The molecule has 2 aliphatic heterocycles. The summed E-state index contributed by atoms with van der Waals surface area (Å²) in [6.07, 6.45) is 6.21. The average molecular weight is 384 g/mol. The minimum absolute atomic E-state index is 0.337. The highest BCUT2D eigenvalue weighted by Gasteiger charge is 2.20. The normalized spacial score (nSPS) is 20.5. The van der Waals surface area contributed by atoms with E-state index in [1.807, 2.05) is 37.9 Å². The number of rotatable bonds is 5. The van der Waals surface area contributed by atoms with E-state index >= 15 is 0 Å². The Morgan fingerprint density at radius 2 is 2.18 bits per heavy atom. The minimum Gasteiger partial charge on any atom is -0.379 e. The lowest BCUT2D eigenvalue weighted by molar-refractivity contribution is 0.0293. The van der Waals surface area contributed by atoms with Gasteiger partial charge in [-0.2, -0.15) is 0 Å². The molecule has 1 N–H and O–H groups in total. The van der Waals surface area contributed by atoms with Gasteiger partial charge in [-0.1, -0.05) is 12.0 Å². The van der Waals surface area contributed by atoms with Crippen LogP contribution in [0.3, 0.4) is 0 Å². The van der Waals surface area contributed by atoms with Crippen LogP contribution in [0.15, 0.2) is 34.5 Å². The lowest BCUT2D eigenvalue weighted by Gasteiger charge is -2.32. The van der Waals surface area contributed by atoms with Crippen LogP contribution in [-0.4, -0.2) is 73.9 Å². The molecule has 0 spiro atoms. The van der Waals surface area contributed by atoms with Gasteiger partial charge in [0.25, 0.3) is 0 Å². The number of morpholine rings is 1. The summed E-state index contributed by atoms with van der Waals surface area (Å²) in [5.74, 6) is 6.35. The van der Waals surface area contributed by atoms with E-state index in [2.05, 4.69) is 33.9 Å². The van der Waals surface area contributed by atoms with Crippen molar-refractivity contribution in [1.29, 1.82) is 0 Å². The van der Waals surface area contributed by atoms with E-state index in [4.69, 9.17) is 9.73 Å². The first-order chi connectivity index (χ1) is 13.6. The quantitative estimate of drug-likeness (QED) is 0.614.